The van der Waals surface area contributed by atoms with Crippen molar-refractivity contribution in [1.82, 2.24) is 20.0 Å². The van der Waals surface area contributed by atoms with Crippen LogP contribution in [0.5, 0.6) is 5.75 Å². The van der Waals surface area contributed by atoms with Crippen LogP contribution in [0.4, 0.5) is 0 Å². The van der Waals surface area contributed by atoms with E-state index >= 15 is 0 Å². The largest absolute Gasteiger partial charge is 0.471 e. The second-order valence-electron chi connectivity index (χ2n) is 6.82. The minimum atomic E-state index is -0.162. The van der Waals surface area contributed by atoms with Gasteiger partial charge in [-0.2, -0.15) is 5.10 Å². The van der Waals surface area contributed by atoms with E-state index in [1.807, 2.05) is 56.6 Å². The van der Waals surface area contributed by atoms with Crippen molar-refractivity contribution < 1.29 is 9.53 Å². The highest BCUT2D eigenvalue weighted by atomic mass is 16.5. The van der Waals surface area contributed by atoms with E-state index in [9.17, 15) is 4.79 Å². The molecule has 1 amide bonds. The Labute approximate surface area is 165 Å². The van der Waals surface area contributed by atoms with Crippen molar-refractivity contribution in [2.24, 2.45) is 0 Å². The molecule has 0 radical (unpaired) electrons. The third-order valence-corrected chi connectivity index (χ3v) is 4.27. The molecule has 2 aromatic carbocycles. The molecule has 0 aliphatic heterocycles. The van der Waals surface area contributed by atoms with E-state index in [1.54, 1.807) is 16.9 Å². The number of carbonyl (C=O) groups is 1. The first-order valence-electron chi connectivity index (χ1n) is 9.36. The molecule has 0 aliphatic rings. The number of ether oxygens (including phenoxy) is 1. The number of benzene rings is 2. The number of nitrogens with one attached hydrogen (secondary N) is 1. The second kappa shape index (κ2) is 9.71. The number of amides is 1. The van der Waals surface area contributed by atoms with E-state index in [0.717, 1.165) is 24.3 Å². The Balaban J connectivity index is 1.48. The van der Waals surface area contributed by atoms with Crippen molar-refractivity contribution in [1.29, 1.82) is 0 Å². The summed E-state index contributed by atoms with van der Waals surface area (Å²) in [4.78, 5) is 14.2. The van der Waals surface area contributed by atoms with Gasteiger partial charge in [-0.15, -0.1) is 0 Å². The van der Waals surface area contributed by atoms with Crippen LogP contribution >= 0.6 is 0 Å². The van der Waals surface area contributed by atoms with Gasteiger partial charge in [-0.05, 0) is 56.4 Å². The van der Waals surface area contributed by atoms with Gasteiger partial charge in [-0.25, -0.2) is 4.68 Å². The molecule has 0 unspecified atom stereocenters. The summed E-state index contributed by atoms with van der Waals surface area (Å²) >= 11 is 0. The normalized spacial score (nSPS) is 10.8. The van der Waals surface area contributed by atoms with Crippen molar-refractivity contribution in [3.05, 3.63) is 72.6 Å². The number of carbonyl (C=O) groups excluding carboxylic acids is 1. The van der Waals surface area contributed by atoms with Crippen LogP contribution in [-0.4, -0.2) is 47.8 Å². The first-order valence-corrected chi connectivity index (χ1v) is 9.36. The first kappa shape index (κ1) is 19.6. The molecular weight excluding hydrogens is 352 g/mol. The summed E-state index contributed by atoms with van der Waals surface area (Å²) in [5.41, 5.74) is 2.70. The molecule has 0 bridgehead atoms. The number of hydrogen-bond donors (Lipinski definition) is 1. The molecule has 0 saturated carbocycles. The zero-order valence-electron chi connectivity index (χ0n) is 16.3. The van der Waals surface area contributed by atoms with E-state index in [4.69, 9.17) is 4.74 Å². The second-order valence-corrected chi connectivity index (χ2v) is 6.82. The Hall–Kier alpha value is -3.12. The number of rotatable bonds is 9. The van der Waals surface area contributed by atoms with E-state index in [2.05, 4.69) is 27.4 Å². The molecule has 6 heteroatoms. The lowest BCUT2D eigenvalue weighted by Crippen LogP contribution is -2.27. The van der Waals surface area contributed by atoms with Gasteiger partial charge < -0.3 is 15.0 Å². The topological polar surface area (TPSA) is 59.4 Å². The fraction of sp³-hybridized carbons (Fsp3) is 0.273. The third-order valence-electron chi connectivity index (χ3n) is 4.27. The fourth-order valence-electron chi connectivity index (χ4n) is 2.76. The molecule has 28 heavy (non-hydrogen) atoms. The van der Waals surface area contributed by atoms with Crippen LogP contribution in [0.2, 0.25) is 0 Å². The molecule has 146 valence electrons. The summed E-state index contributed by atoms with van der Waals surface area (Å²) in [7, 11) is 4.03. The smallest absolute Gasteiger partial charge is 0.271 e. The molecule has 0 atom stereocenters. The van der Waals surface area contributed by atoms with E-state index in [-0.39, 0.29) is 12.6 Å². The maximum atomic E-state index is 12.1. The highest BCUT2D eigenvalue weighted by molar-refractivity contribution is 5.92. The molecular formula is C22H26N4O2. The predicted molar refractivity (Wildman–Crippen MR) is 110 cm³/mol. The van der Waals surface area contributed by atoms with Gasteiger partial charge in [0.2, 0.25) is 0 Å². The average molecular weight is 378 g/mol. The molecule has 0 aliphatic carbocycles. The lowest BCUT2D eigenvalue weighted by molar-refractivity contribution is 0.0945. The van der Waals surface area contributed by atoms with Crippen LogP contribution in [0, 0.1) is 0 Å². The van der Waals surface area contributed by atoms with E-state index in [1.165, 1.54) is 5.56 Å². The standard InChI is InChI=1S/C22H26N4O2/c1-25(2)15-6-14-23-22(27)21-13-16-26(24-21)17-28-20-11-9-19(10-12-20)18-7-4-3-5-8-18/h3-5,7-13,16H,6,14-15,17H2,1-2H3,(H,23,27). The lowest BCUT2D eigenvalue weighted by Gasteiger charge is -2.09. The molecule has 0 fully saturated rings. The van der Waals surface area contributed by atoms with Crippen LogP contribution in [0.3, 0.4) is 0 Å². The van der Waals surface area contributed by atoms with Gasteiger partial charge in [0, 0.05) is 12.7 Å². The van der Waals surface area contributed by atoms with Crippen molar-refractivity contribution >= 4 is 5.91 Å². The van der Waals surface area contributed by atoms with Gasteiger partial charge in [0.15, 0.2) is 6.73 Å². The quantitative estimate of drug-likeness (QED) is 0.581. The summed E-state index contributed by atoms with van der Waals surface area (Å²) in [5.74, 6) is 0.592. The summed E-state index contributed by atoms with van der Waals surface area (Å²) in [5, 5.41) is 7.15. The van der Waals surface area contributed by atoms with Gasteiger partial charge in [0.05, 0.1) is 0 Å². The minimum Gasteiger partial charge on any atom is -0.471 e. The van der Waals surface area contributed by atoms with E-state index < -0.39 is 0 Å². The highest BCUT2D eigenvalue weighted by Crippen LogP contribution is 2.22. The van der Waals surface area contributed by atoms with Crippen LogP contribution in [0.25, 0.3) is 11.1 Å². The Morgan fingerprint density at radius 3 is 2.46 bits per heavy atom. The van der Waals surface area contributed by atoms with Gasteiger partial charge in [-0.3, -0.25) is 4.79 Å². The van der Waals surface area contributed by atoms with Crippen LogP contribution in [0.1, 0.15) is 16.9 Å². The zero-order chi connectivity index (χ0) is 19.8. The number of aromatic nitrogens is 2. The Morgan fingerprint density at radius 1 is 1.04 bits per heavy atom. The Kier molecular flexibility index (Phi) is 6.81. The Morgan fingerprint density at radius 2 is 1.75 bits per heavy atom. The molecule has 0 spiro atoms. The lowest BCUT2D eigenvalue weighted by atomic mass is 10.1. The zero-order valence-corrected chi connectivity index (χ0v) is 16.3. The molecule has 0 saturated heterocycles. The molecule has 6 nitrogen and oxygen atoms in total. The molecule has 1 heterocycles. The van der Waals surface area contributed by atoms with Crippen molar-refractivity contribution in [2.45, 2.75) is 13.2 Å². The summed E-state index contributed by atoms with van der Waals surface area (Å²) in [6.07, 6.45) is 2.65. The summed E-state index contributed by atoms with van der Waals surface area (Å²) in [6, 6.07) is 19.8. The van der Waals surface area contributed by atoms with Crippen LogP contribution in [-0.2, 0) is 6.73 Å². The average Bonchev–Trinajstić information content (AvgIpc) is 3.20. The van der Waals surface area contributed by atoms with Gasteiger partial charge >= 0.3 is 0 Å². The SMILES string of the molecule is CN(C)CCCNC(=O)c1ccn(COc2ccc(-c3ccccc3)cc2)n1. The first-order chi connectivity index (χ1) is 13.6. The fourth-order valence-corrected chi connectivity index (χ4v) is 2.76. The molecule has 3 aromatic rings. The number of nitrogens with zero attached hydrogens (tertiary/aromatic N) is 3. The maximum absolute atomic E-state index is 12.1. The number of hydrogen-bond acceptors (Lipinski definition) is 4. The predicted octanol–water partition coefficient (Wildman–Crippen LogP) is 3.27. The molecule has 3 rings (SSSR count). The maximum Gasteiger partial charge on any atom is 0.271 e. The molecule has 1 N–H and O–H groups in total. The van der Waals surface area contributed by atoms with E-state index in [0.29, 0.717) is 12.2 Å². The van der Waals surface area contributed by atoms with Gasteiger partial charge in [-0.1, -0.05) is 42.5 Å². The summed E-state index contributed by atoms with van der Waals surface area (Å²) < 4.78 is 7.38. The van der Waals surface area contributed by atoms with Crippen molar-refractivity contribution in [3.63, 3.8) is 0 Å². The third kappa shape index (κ3) is 5.69. The minimum absolute atomic E-state index is 0.162. The highest BCUT2D eigenvalue weighted by Gasteiger charge is 2.09. The van der Waals surface area contributed by atoms with Gasteiger partial charge in [0.25, 0.3) is 5.91 Å². The van der Waals surface area contributed by atoms with Crippen molar-refractivity contribution in [3.8, 4) is 16.9 Å². The van der Waals surface area contributed by atoms with Crippen molar-refractivity contribution in [2.75, 3.05) is 27.2 Å². The van der Waals surface area contributed by atoms with Crippen LogP contribution in [0.15, 0.2) is 66.9 Å². The summed E-state index contributed by atoms with van der Waals surface area (Å²) in [6.45, 7) is 1.82. The molecule has 1 aromatic heterocycles. The van der Waals surface area contributed by atoms with Crippen LogP contribution < -0.4 is 10.1 Å². The monoisotopic (exact) mass is 378 g/mol. The Bertz CT molecular complexity index is 873. The van der Waals surface area contributed by atoms with Gasteiger partial charge in [0.1, 0.15) is 11.4 Å².